The molecule has 14 heteroatoms. The van der Waals surface area contributed by atoms with Crippen LogP contribution in [0.25, 0.3) is 10.9 Å². The zero-order valence-corrected chi connectivity index (χ0v) is 25.5. The van der Waals surface area contributed by atoms with Gasteiger partial charge in [0.05, 0.1) is 19.3 Å². The summed E-state index contributed by atoms with van der Waals surface area (Å²) >= 11 is 0. The molecule has 5 rings (SSSR count). The summed E-state index contributed by atoms with van der Waals surface area (Å²) in [7, 11) is 1.53. The third kappa shape index (κ3) is 7.12. The molecule has 45 heavy (non-hydrogen) atoms. The number of hydrogen-bond acceptors (Lipinski definition) is 11. The number of hydrogen-bond donors (Lipinski definition) is 3. The summed E-state index contributed by atoms with van der Waals surface area (Å²) in [5.74, 6) is 1.64. The van der Waals surface area contributed by atoms with Crippen molar-refractivity contribution < 1.29 is 23.8 Å². The average Bonchev–Trinajstić information content (AvgIpc) is 3.53. The number of aromatic nitrogens is 4. The number of carbonyl (C=O) groups excluding carboxylic acids is 2. The molecule has 0 spiro atoms. The van der Waals surface area contributed by atoms with Crippen LogP contribution in [0.4, 0.5) is 16.6 Å². The van der Waals surface area contributed by atoms with Crippen LogP contribution in [0.5, 0.6) is 17.2 Å². The van der Waals surface area contributed by atoms with Gasteiger partial charge in [-0.1, -0.05) is 12.1 Å². The first-order valence-electron chi connectivity index (χ1n) is 14.7. The molecule has 0 radical (unpaired) electrons. The van der Waals surface area contributed by atoms with Crippen molar-refractivity contribution in [1.82, 2.24) is 24.4 Å². The molecule has 0 atom stereocenters. The Bertz CT molecular complexity index is 1740. The molecular formula is C31H37N9O5. The van der Waals surface area contributed by atoms with Crippen molar-refractivity contribution in [3.05, 3.63) is 65.5 Å². The van der Waals surface area contributed by atoms with Gasteiger partial charge >= 0.3 is 6.09 Å². The van der Waals surface area contributed by atoms with E-state index in [0.29, 0.717) is 62.0 Å². The Balaban J connectivity index is 1.31. The second kappa shape index (κ2) is 14.0. The molecule has 0 fully saturated rings. The Morgan fingerprint density at radius 3 is 2.58 bits per heavy atom. The van der Waals surface area contributed by atoms with Gasteiger partial charge < -0.3 is 35.9 Å². The fourth-order valence-electron chi connectivity index (χ4n) is 4.98. The maximum Gasteiger partial charge on any atom is 0.415 e. The molecule has 14 nitrogen and oxygen atoms in total. The van der Waals surface area contributed by atoms with Gasteiger partial charge in [-0.2, -0.15) is 4.99 Å². The van der Waals surface area contributed by atoms with E-state index in [1.807, 2.05) is 42.7 Å². The van der Waals surface area contributed by atoms with Gasteiger partial charge in [0.2, 0.25) is 11.6 Å². The van der Waals surface area contributed by atoms with Gasteiger partial charge in [-0.05, 0) is 63.1 Å². The summed E-state index contributed by atoms with van der Waals surface area (Å²) in [6.07, 6.45) is 3.52. The molecule has 236 valence electrons. The Labute approximate surface area is 260 Å². The summed E-state index contributed by atoms with van der Waals surface area (Å²) in [6.45, 7) is 6.38. The number of anilines is 2. The molecule has 0 unspecified atom stereocenters. The van der Waals surface area contributed by atoms with Crippen molar-refractivity contribution in [1.29, 1.82) is 0 Å². The lowest BCUT2D eigenvalue weighted by Crippen LogP contribution is -2.40. The van der Waals surface area contributed by atoms with Crippen LogP contribution in [0, 0.1) is 0 Å². The van der Waals surface area contributed by atoms with E-state index in [1.54, 1.807) is 17.0 Å². The SMILES string of the molecule is COc1c(OCCCN(C(=O)Oc2ccc(CCN)cc2)C(C)C)ccc2c3n(c(=NC(=O)c4cnc(N)nc4)nc12)CCN3. The van der Waals surface area contributed by atoms with Crippen molar-refractivity contribution >= 4 is 34.7 Å². The Hall–Kier alpha value is -5.24. The lowest BCUT2D eigenvalue weighted by molar-refractivity contribution is 0.0995. The molecule has 2 amide bonds. The van der Waals surface area contributed by atoms with E-state index in [2.05, 4.69) is 20.3 Å². The van der Waals surface area contributed by atoms with Gasteiger partial charge in [-0.15, -0.1) is 0 Å². The monoisotopic (exact) mass is 615 g/mol. The van der Waals surface area contributed by atoms with E-state index in [4.69, 9.17) is 30.7 Å². The first-order chi connectivity index (χ1) is 21.8. The number of rotatable bonds is 11. The molecular weight excluding hydrogens is 578 g/mol. The molecule has 0 bridgehead atoms. The molecule has 0 saturated heterocycles. The first-order valence-corrected chi connectivity index (χ1v) is 14.7. The van der Waals surface area contributed by atoms with Crippen LogP contribution < -0.4 is 36.6 Å². The minimum atomic E-state index is -0.549. The summed E-state index contributed by atoms with van der Waals surface area (Å²) in [5, 5.41) is 4.14. The van der Waals surface area contributed by atoms with E-state index in [0.717, 1.165) is 23.2 Å². The molecule has 0 aliphatic carbocycles. The van der Waals surface area contributed by atoms with Crippen LogP contribution in [0.1, 0.15) is 36.2 Å². The molecule has 2 aromatic heterocycles. The van der Waals surface area contributed by atoms with E-state index in [-0.39, 0.29) is 23.2 Å². The van der Waals surface area contributed by atoms with E-state index < -0.39 is 12.0 Å². The minimum absolute atomic E-state index is 0.0634. The van der Waals surface area contributed by atoms with Crippen LogP contribution >= 0.6 is 0 Å². The van der Waals surface area contributed by atoms with Crippen LogP contribution in [0.2, 0.25) is 0 Å². The lowest BCUT2D eigenvalue weighted by Gasteiger charge is -2.26. The number of fused-ring (bicyclic) bond motifs is 3. The molecule has 5 N–H and O–H groups in total. The number of nitrogen functional groups attached to an aromatic ring is 1. The number of methoxy groups -OCH3 is 1. The van der Waals surface area contributed by atoms with Crippen molar-refractivity contribution in [2.45, 2.75) is 39.3 Å². The number of nitrogens with one attached hydrogen (secondary N) is 1. The number of nitrogens with zero attached hydrogens (tertiary/aromatic N) is 6. The second-order valence-corrected chi connectivity index (χ2v) is 10.6. The summed E-state index contributed by atoms with van der Waals surface area (Å²) in [4.78, 5) is 44.2. The Kier molecular flexibility index (Phi) is 9.73. The maximum atomic E-state index is 12.9. The number of carbonyl (C=O) groups is 2. The smallest absolute Gasteiger partial charge is 0.415 e. The van der Waals surface area contributed by atoms with Crippen molar-refractivity contribution in [2.24, 2.45) is 10.7 Å². The number of amides is 2. The maximum absolute atomic E-state index is 12.9. The molecule has 4 aromatic rings. The minimum Gasteiger partial charge on any atom is -0.491 e. The molecule has 0 saturated carbocycles. The van der Waals surface area contributed by atoms with Crippen molar-refractivity contribution in [3.63, 3.8) is 0 Å². The first kappa shape index (κ1) is 31.2. The highest BCUT2D eigenvalue weighted by molar-refractivity contribution is 5.96. The Morgan fingerprint density at radius 1 is 1.13 bits per heavy atom. The van der Waals surface area contributed by atoms with Crippen LogP contribution in [0.3, 0.4) is 0 Å². The normalized spacial score (nSPS) is 12.6. The third-order valence-corrected chi connectivity index (χ3v) is 7.25. The van der Waals surface area contributed by atoms with Crippen molar-refractivity contribution in [3.8, 4) is 17.2 Å². The van der Waals surface area contributed by atoms with Gasteiger partial charge in [-0.25, -0.2) is 19.7 Å². The van der Waals surface area contributed by atoms with E-state index >= 15 is 0 Å². The van der Waals surface area contributed by atoms with Gasteiger partial charge in [-0.3, -0.25) is 9.36 Å². The van der Waals surface area contributed by atoms with Crippen LogP contribution in [-0.4, -0.2) is 75.8 Å². The highest BCUT2D eigenvalue weighted by Gasteiger charge is 2.22. The molecule has 2 aromatic carbocycles. The van der Waals surface area contributed by atoms with Gasteiger partial charge in [0.15, 0.2) is 11.5 Å². The molecule has 3 heterocycles. The highest BCUT2D eigenvalue weighted by atomic mass is 16.6. The second-order valence-electron chi connectivity index (χ2n) is 10.6. The summed E-state index contributed by atoms with van der Waals surface area (Å²) in [5.41, 5.74) is 13.1. The van der Waals surface area contributed by atoms with Crippen LogP contribution in [0.15, 0.2) is 53.8 Å². The van der Waals surface area contributed by atoms with Crippen LogP contribution in [-0.2, 0) is 13.0 Å². The fraction of sp³-hybridized carbons (Fsp3) is 0.355. The zero-order chi connectivity index (χ0) is 31.9. The van der Waals surface area contributed by atoms with Gasteiger partial charge in [0.1, 0.15) is 17.1 Å². The van der Waals surface area contributed by atoms with E-state index in [1.165, 1.54) is 19.5 Å². The molecule has 1 aliphatic heterocycles. The predicted molar refractivity (Wildman–Crippen MR) is 168 cm³/mol. The van der Waals surface area contributed by atoms with Gasteiger partial charge in [0, 0.05) is 43.5 Å². The lowest BCUT2D eigenvalue weighted by atomic mass is 10.1. The summed E-state index contributed by atoms with van der Waals surface area (Å²) < 4.78 is 19.3. The fourth-order valence-corrected chi connectivity index (χ4v) is 4.98. The quantitative estimate of drug-likeness (QED) is 0.211. The third-order valence-electron chi connectivity index (χ3n) is 7.25. The number of benzene rings is 2. The Morgan fingerprint density at radius 2 is 1.89 bits per heavy atom. The highest BCUT2D eigenvalue weighted by Crippen LogP contribution is 2.37. The van der Waals surface area contributed by atoms with Crippen molar-refractivity contribution in [2.75, 3.05) is 44.4 Å². The number of ether oxygens (including phenoxy) is 3. The standard InChI is InChI=1S/C31H37N9O5/c1-19(2)39(31(42)45-22-7-5-20(6-8-22)11-12-32)14-4-16-44-24-10-9-23-25(26(24)43-3)37-30(40-15-13-34-27(23)40)38-28(41)21-17-35-29(33)36-18-21/h5-10,17-19,34H,4,11-16,32H2,1-3H3,(H2,33,35,36). The largest absolute Gasteiger partial charge is 0.491 e. The zero-order valence-electron chi connectivity index (χ0n) is 25.5. The topological polar surface area (TPSA) is 185 Å². The predicted octanol–water partition coefficient (Wildman–Crippen LogP) is 2.76. The molecule has 1 aliphatic rings. The van der Waals surface area contributed by atoms with E-state index in [9.17, 15) is 9.59 Å². The van der Waals surface area contributed by atoms with Gasteiger partial charge in [0.25, 0.3) is 5.91 Å². The summed E-state index contributed by atoms with van der Waals surface area (Å²) in [6, 6.07) is 11.0. The number of nitrogens with two attached hydrogens (primary N) is 2. The average molecular weight is 616 g/mol.